The Kier molecular flexibility index (Phi) is 4.14. The van der Waals surface area contributed by atoms with Crippen molar-refractivity contribution in [1.82, 2.24) is 4.90 Å². The van der Waals surface area contributed by atoms with Crippen LogP contribution in [0.25, 0.3) is 0 Å². The van der Waals surface area contributed by atoms with Gasteiger partial charge in [0.2, 0.25) is 5.91 Å². The van der Waals surface area contributed by atoms with Gasteiger partial charge >= 0.3 is 0 Å². The molecular formula is C12H24N2O. The minimum Gasteiger partial charge on any atom is -0.342 e. The molecule has 1 amide bonds. The first-order valence-electron chi connectivity index (χ1n) is 6.02. The Bertz CT molecular complexity index is 218. The van der Waals surface area contributed by atoms with Crippen LogP contribution in [-0.4, -0.2) is 30.4 Å². The molecule has 3 heteroatoms. The summed E-state index contributed by atoms with van der Waals surface area (Å²) in [4.78, 5) is 14.2. The van der Waals surface area contributed by atoms with E-state index in [1.807, 2.05) is 25.8 Å². The quantitative estimate of drug-likeness (QED) is 0.772. The second-order valence-corrected chi connectivity index (χ2v) is 4.97. The van der Waals surface area contributed by atoms with Gasteiger partial charge in [-0.2, -0.15) is 0 Å². The summed E-state index contributed by atoms with van der Waals surface area (Å²) in [6.45, 7) is 4.45. The van der Waals surface area contributed by atoms with Crippen LogP contribution in [0.15, 0.2) is 0 Å². The number of rotatable bonds is 4. The summed E-state index contributed by atoms with van der Waals surface area (Å²) in [5, 5.41) is 0. The normalized spacial score (nSPS) is 21.3. The number of nitrogens with two attached hydrogens (primary N) is 1. The number of hydrogen-bond donors (Lipinski definition) is 1. The van der Waals surface area contributed by atoms with Gasteiger partial charge in [-0.3, -0.25) is 4.79 Å². The highest BCUT2D eigenvalue weighted by Crippen LogP contribution is 2.28. The maximum atomic E-state index is 12.3. The van der Waals surface area contributed by atoms with E-state index < -0.39 is 0 Å². The monoisotopic (exact) mass is 212 g/mol. The molecule has 0 aliphatic heterocycles. The van der Waals surface area contributed by atoms with E-state index in [4.69, 9.17) is 5.73 Å². The fraction of sp³-hybridized carbons (Fsp3) is 0.917. The van der Waals surface area contributed by atoms with Gasteiger partial charge in [0.1, 0.15) is 0 Å². The SMILES string of the molecule is CCC(C)(CN)C(=O)N(C)C1CCCC1. The average molecular weight is 212 g/mol. The summed E-state index contributed by atoms with van der Waals surface area (Å²) in [5.41, 5.74) is 5.34. The summed E-state index contributed by atoms with van der Waals surface area (Å²) in [6, 6.07) is 0.454. The zero-order valence-electron chi connectivity index (χ0n) is 10.3. The molecule has 0 spiro atoms. The predicted octanol–water partition coefficient (Wildman–Crippen LogP) is 1.76. The second-order valence-electron chi connectivity index (χ2n) is 4.97. The van der Waals surface area contributed by atoms with Crippen molar-refractivity contribution in [2.75, 3.05) is 13.6 Å². The van der Waals surface area contributed by atoms with Gasteiger partial charge < -0.3 is 10.6 Å². The number of hydrogen-bond acceptors (Lipinski definition) is 2. The van der Waals surface area contributed by atoms with Gasteiger partial charge in [0.05, 0.1) is 5.41 Å². The first-order chi connectivity index (χ1) is 7.05. The Labute approximate surface area is 93.0 Å². The van der Waals surface area contributed by atoms with Crippen LogP contribution in [-0.2, 0) is 4.79 Å². The Morgan fingerprint density at radius 3 is 2.40 bits per heavy atom. The molecule has 3 nitrogen and oxygen atoms in total. The van der Waals surface area contributed by atoms with Crippen molar-refractivity contribution < 1.29 is 4.79 Å². The number of nitrogens with zero attached hydrogens (tertiary/aromatic N) is 1. The number of amides is 1. The lowest BCUT2D eigenvalue weighted by atomic mass is 9.85. The Balaban J connectivity index is 2.65. The minimum absolute atomic E-state index is 0.222. The minimum atomic E-state index is -0.364. The average Bonchev–Trinajstić information content (AvgIpc) is 2.79. The van der Waals surface area contributed by atoms with Gasteiger partial charge in [0.15, 0.2) is 0 Å². The van der Waals surface area contributed by atoms with E-state index in [1.165, 1.54) is 12.8 Å². The van der Waals surface area contributed by atoms with E-state index in [9.17, 15) is 4.79 Å². The maximum absolute atomic E-state index is 12.3. The highest BCUT2D eigenvalue weighted by atomic mass is 16.2. The fourth-order valence-corrected chi connectivity index (χ4v) is 2.27. The largest absolute Gasteiger partial charge is 0.342 e. The number of carbonyl (C=O) groups excluding carboxylic acids is 1. The maximum Gasteiger partial charge on any atom is 0.229 e. The lowest BCUT2D eigenvalue weighted by Gasteiger charge is -2.34. The summed E-state index contributed by atoms with van der Waals surface area (Å²) < 4.78 is 0. The van der Waals surface area contributed by atoms with E-state index in [0.717, 1.165) is 19.3 Å². The van der Waals surface area contributed by atoms with E-state index in [0.29, 0.717) is 12.6 Å². The zero-order valence-corrected chi connectivity index (χ0v) is 10.3. The van der Waals surface area contributed by atoms with Gasteiger partial charge in [-0.25, -0.2) is 0 Å². The molecule has 1 saturated carbocycles. The molecule has 1 fully saturated rings. The molecule has 2 N–H and O–H groups in total. The van der Waals surface area contributed by atoms with Crippen molar-refractivity contribution in [2.24, 2.45) is 11.1 Å². The Morgan fingerprint density at radius 2 is 2.00 bits per heavy atom. The van der Waals surface area contributed by atoms with Crippen LogP contribution in [0.2, 0.25) is 0 Å². The smallest absolute Gasteiger partial charge is 0.229 e. The molecular weight excluding hydrogens is 188 g/mol. The van der Waals surface area contributed by atoms with Crippen LogP contribution < -0.4 is 5.73 Å². The standard InChI is InChI=1S/C12H24N2O/c1-4-12(2,9-13)11(15)14(3)10-7-5-6-8-10/h10H,4-9,13H2,1-3H3. The van der Waals surface area contributed by atoms with Gasteiger partial charge in [0.25, 0.3) is 0 Å². The molecule has 1 unspecified atom stereocenters. The molecule has 88 valence electrons. The number of carbonyl (C=O) groups is 1. The summed E-state index contributed by atoms with van der Waals surface area (Å²) in [5.74, 6) is 0.222. The van der Waals surface area contributed by atoms with Gasteiger partial charge in [-0.15, -0.1) is 0 Å². The molecule has 0 aromatic heterocycles. The highest BCUT2D eigenvalue weighted by molar-refractivity contribution is 5.82. The third-order valence-electron chi connectivity index (χ3n) is 3.94. The van der Waals surface area contributed by atoms with Crippen LogP contribution in [0, 0.1) is 5.41 Å². The van der Waals surface area contributed by atoms with Crippen molar-refractivity contribution >= 4 is 5.91 Å². The molecule has 15 heavy (non-hydrogen) atoms. The third-order valence-corrected chi connectivity index (χ3v) is 3.94. The first kappa shape index (κ1) is 12.5. The topological polar surface area (TPSA) is 46.3 Å². The first-order valence-corrected chi connectivity index (χ1v) is 6.02. The summed E-state index contributed by atoms with van der Waals surface area (Å²) >= 11 is 0. The Hall–Kier alpha value is -0.570. The van der Waals surface area contributed by atoms with Gasteiger partial charge in [-0.1, -0.05) is 19.8 Å². The van der Waals surface area contributed by atoms with Crippen molar-refractivity contribution in [2.45, 2.75) is 52.0 Å². The molecule has 1 rings (SSSR count). The van der Waals surface area contributed by atoms with E-state index in [1.54, 1.807) is 0 Å². The van der Waals surface area contributed by atoms with Crippen LogP contribution in [0.1, 0.15) is 46.0 Å². The van der Waals surface area contributed by atoms with Crippen LogP contribution in [0.5, 0.6) is 0 Å². The van der Waals surface area contributed by atoms with Crippen molar-refractivity contribution in [3.05, 3.63) is 0 Å². The molecule has 0 aromatic carbocycles. The van der Waals surface area contributed by atoms with Gasteiger partial charge in [-0.05, 0) is 26.2 Å². The molecule has 0 saturated heterocycles. The van der Waals surface area contributed by atoms with E-state index >= 15 is 0 Å². The predicted molar refractivity (Wildman–Crippen MR) is 62.5 cm³/mol. The van der Waals surface area contributed by atoms with Crippen LogP contribution in [0.3, 0.4) is 0 Å². The Morgan fingerprint density at radius 1 is 1.47 bits per heavy atom. The van der Waals surface area contributed by atoms with Crippen molar-refractivity contribution in [3.8, 4) is 0 Å². The van der Waals surface area contributed by atoms with Crippen LogP contribution in [0.4, 0.5) is 0 Å². The highest BCUT2D eigenvalue weighted by Gasteiger charge is 2.35. The lowest BCUT2D eigenvalue weighted by molar-refractivity contribution is -0.141. The zero-order chi connectivity index (χ0) is 11.5. The van der Waals surface area contributed by atoms with Crippen molar-refractivity contribution in [3.63, 3.8) is 0 Å². The molecule has 1 atom stereocenters. The van der Waals surface area contributed by atoms with E-state index in [2.05, 4.69) is 0 Å². The molecule has 1 aliphatic rings. The van der Waals surface area contributed by atoms with E-state index in [-0.39, 0.29) is 11.3 Å². The molecule has 0 aromatic rings. The van der Waals surface area contributed by atoms with Gasteiger partial charge in [0, 0.05) is 19.6 Å². The summed E-state index contributed by atoms with van der Waals surface area (Å²) in [6.07, 6.45) is 5.65. The lowest BCUT2D eigenvalue weighted by Crippen LogP contribution is -2.47. The fourth-order valence-electron chi connectivity index (χ4n) is 2.27. The molecule has 0 heterocycles. The third kappa shape index (κ3) is 2.51. The van der Waals surface area contributed by atoms with Crippen molar-refractivity contribution in [1.29, 1.82) is 0 Å². The molecule has 0 radical (unpaired) electrons. The second kappa shape index (κ2) is 4.97. The summed E-state index contributed by atoms with van der Waals surface area (Å²) in [7, 11) is 1.93. The van der Waals surface area contributed by atoms with Crippen LogP contribution >= 0.6 is 0 Å². The molecule has 1 aliphatic carbocycles. The molecule has 0 bridgehead atoms.